The number of carbonyl (C=O) groups is 1. The third kappa shape index (κ3) is 5.26. The number of hydrogen-bond donors (Lipinski definition) is 1. The summed E-state index contributed by atoms with van der Waals surface area (Å²) in [5, 5.41) is 8.75. The zero-order valence-corrected chi connectivity index (χ0v) is 11.3. The zero-order chi connectivity index (χ0) is 15.5. The molecule has 0 bridgehead atoms. The van der Waals surface area contributed by atoms with Gasteiger partial charge in [-0.3, -0.25) is 9.69 Å². The Bertz CT molecular complexity index is 487. The Balaban J connectivity index is 1.85. The van der Waals surface area contributed by atoms with Gasteiger partial charge in [0.25, 0.3) is 0 Å². The summed E-state index contributed by atoms with van der Waals surface area (Å²) in [4.78, 5) is 12.8. The highest BCUT2D eigenvalue weighted by Crippen LogP contribution is 2.25. The monoisotopic (exact) mass is 303 g/mol. The topological polar surface area (TPSA) is 49.8 Å². The van der Waals surface area contributed by atoms with Crippen molar-refractivity contribution in [3.8, 4) is 5.75 Å². The Morgan fingerprint density at radius 3 is 2.57 bits per heavy atom. The van der Waals surface area contributed by atoms with Crippen molar-refractivity contribution in [3.63, 3.8) is 0 Å². The maximum Gasteiger partial charge on any atom is 0.573 e. The number of nitrogens with zero attached hydrogens (tertiary/aromatic N) is 1. The first-order valence-electron chi connectivity index (χ1n) is 6.60. The van der Waals surface area contributed by atoms with Crippen LogP contribution in [0, 0.1) is 5.92 Å². The molecule has 0 aliphatic carbocycles. The summed E-state index contributed by atoms with van der Waals surface area (Å²) >= 11 is 0. The number of carboxylic acid groups (broad SMARTS) is 1. The van der Waals surface area contributed by atoms with Gasteiger partial charge in [-0.15, -0.1) is 13.2 Å². The third-order valence-electron chi connectivity index (χ3n) is 3.40. The van der Waals surface area contributed by atoms with E-state index in [0.717, 1.165) is 18.5 Å². The number of alkyl halides is 3. The summed E-state index contributed by atoms with van der Waals surface area (Å²) in [6.45, 7) is 2.11. The van der Waals surface area contributed by atoms with Gasteiger partial charge in [0, 0.05) is 19.5 Å². The van der Waals surface area contributed by atoms with Gasteiger partial charge in [-0.25, -0.2) is 0 Å². The first kappa shape index (κ1) is 15.6. The minimum Gasteiger partial charge on any atom is -0.481 e. The first-order valence-corrected chi connectivity index (χ1v) is 6.60. The van der Waals surface area contributed by atoms with Crippen LogP contribution in [0.5, 0.6) is 5.75 Å². The van der Waals surface area contributed by atoms with E-state index >= 15 is 0 Å². The maximum absolute atomic E-state index is 12.0. The molecule has 4 nitrogen and oxygen atoms in total. The van der Waals surface area contributed by atoms with E-state index in [1.54, 1.807) is 12.1 Å². The number of benzene rings is 1. The molecule has 1 aromatic carbocycles. The SMILES string of the molecule is O=C(O)CC1CCN(Cc2ccc(OC(F)(F)F)cc2)C1. The van der Waals surface area contributed by atoms with Crippen LogP contribution in [0.1, 0.15) is 18.4 Å². The van der Waals surface area contributed by atoms with Crippen molar-refractivity contribution in [2.75, 3.05) is 13.1 Å². The van der Waals surface area contributed by atoms with Gasteiger partial charge in [0.15, 0.2) is 0 Å². The molecule has 1 unspecified atom stereocenters. The van der Waals surface area contributed by atoms with E-state index < -0.39 is 12.3 Å². The number of carboxylic acids is 1. The van der Waals surface area contributed by atoms with Gasteiger partial charge in [-0.2, -0.15) is 0 Å². The molecule has 0 radical (unpaired) electrons. The van der Waals surface area contributed by atoms with Crippen LogP contribution in [0.4, 0.5) is 13.2 Å². The Hall–Kier alpha value is -1.76. The van der Waals surface area contributed by atoms with E-state index in [-0.39, 0.29) is 18.1 Å². The highest BCUT2D eigenvalue weighted by atomic mass is 19.4. The molecule has 116 valence electrons. The quantitative estimate of drug-likeness (QED) is 0.908. The van der Waals surface area contributed by atoms with Gasteiger partial charge in [0.1, 0.15) is 5.75 Å². The smallest absolute Gasteiger partial charge is 0.481 e. The molecular weight excluding hydrogens is 287 g/mol. The molecule has 1 fully saturated rings. The van der Waals surface area contributed by atoms with Crippen molar-refractivity contribution in [1.82, 2.24) is 4.90 Å². The maximum atomic E-state index is 12.0. The first-order chi connectivity index (χ1) is 9.82. The minimum absolute atomic E-state index is 0.148. The van der Waals surface area contributed by atoms with Gasteiger partial charge in [0.2, 0.25) is 0 Å². The van der Waals surface area contributed by atoms with E-state index in [1.807, 2.05) is 0 Å². The largest absolute Gasteiger partial charge is 0.573 e. The van der Waals surface area contributed by atoms with Crippen molar-refractivity contribution < 1.29 is 27.8 Å². The normalized spacial score (nSPS) is 19.7. The van der Waals surface area contributed by atoms with E-state index in [1.165, 1.54) is 12.1 Å². The fraction of sp³-hybridized carbons (Fsp3) is 0.500. The molecular formula is C14H16F3NO3. The molecule has 0 amide bonds. The zero-order valence-electron chi connectivity index (χ0n) is 11.3. The average Bonchev–Trinajstić information content (AvgIpc) is 2.76. The molecule has 2 rings (SSSR count). The molecule has 1 heterocycles. The summed E-state index contributed by atoms with van der Waals surface area (Å²) in [5.74, 6) is -0.887. The predicted molar refractivity (Wildman–Crippen MR) is 68.8 cm³/mol. The molecule has 0 spiro atoms. The molecule has 1 atom stereocenters. The van der Waals surface area contributed by atoms with Crippen LogP contribution >= 0.6 is 0 Å². The number of rotatable bonds is 5. The van der Waals surface area contributed by atoms with Crippen molar-refractivity contribution in [1.29, 1.82) is 0 Å². The Morgan fingerprint density at radius 1 is 1.33 bits per heavy atom. The number of likely N-dealkylation sites (tertiary alicyclic amines) is 1. The number of hydrogen-bond acceptors (Lipinski definition) is 3. The predicted octanol–water partition coefficient (Wildman–Crippen LogP) is 2.88. The van der Waals surface area contributed by atoms with Crippen LogP contribution in [0.15, 0.2) is 24.3 Å². The summed E-state index contributed by atoms with van der Waals surface area (Å²) in [5.41, 5.74) is 0.875. The Morgan fingerprint density at radius 2 is 2.00 bits per heavy atom. The minimum atomic E-state index is -4.68. The highest BCUT2D eigenvalue weighted by molar-refractivity contribution is 5.67. The van der Waals surface area contributed by atoms with Gasteiger partial charge < -0.3 is 9.84 Å². The van der Waals surface area contributed by atoms with Crippen LogP contribution < -0.4 is 4.74 Å². The molecule has 7 heteroatoms. The van der Waals surface area contributed by atoms with Crippen molar-refractivity contribution in [2.24, 2.45) is 5.92 Å². The van der Waals surface area contributed by atoms with Gasteiger partial charge >= 0.3 is 12.3 Å². The second kappa shape index (κ2) is 6.34. The summed E-state index contributed by atoms with van der Waals surface area (Å²) in [6, 6.07) is 5.75. The average molecular weight is 303 g/mol. The van der Waals surface area contributed by atoms with Crippen LogP contribution in [-0.4, -0.2) is 35.4 Å². The fourth-order valence-corrected chi connectivity index (χ4v) is 2.52. The van der Waals surface area contributed by atoms with E-state index in [2.05, 4.69) is 9.64 Å². The Labute approximate surface area is 120 Å². The molecule has 1 aromatic rings. The molecule has 0 saturated carbocycles. The molecule has 1 saturated heterocycles. The second-order valence-electron chi connectivity index (χ2n) is 5.18. The molecule has 1 aliphatic heterocycles. The lowest BCUT2D eigenvalue weighted by Crippen LogP contribution is -2.21. The molecule has 21 heavy (non-hydrogen) atoms. The Kier molecular flexibility index (Phi) is 4.72. The van der Waals surface area contributed by atoms with Crippen LogP contribution in [0.25, 0.3) is 0 Å². The lowest BCUT2D eigenvalue weighted by Gasteiger charge is -2.16. The lowest BCUT2D eigenvalue weighted by atomic mass is 10.1. The van der Waals surface area contributed by atoms with Gasteiger partial charge in [-0.05, 0) is 36.6 Å². The number of aliphatic carboxylic acids is 1. The molecule has 0 aromatic heterocycles. The lowest BCUT2D eigenvalue weighted by molar-refractivity contribution is -0.274. The van der Waals surface area contributed by atoms with Crippen molar-refractivity contribution >= 4 is 5.97 Å². The van der Waals surface area contributed by atoms with E-state index in [9.17, 15) is 18.0 Å². The van der Waals surface area contributed by atoms with E-state index in [0.29, 0.717) is 13.1 Å². The number of ether oxygens (including phenoxy) is 1. The van der Waals surface area contributed by atoms with Crippen LogP contribution in [-0.2, 0) is 11.3 Å². The van der Waals surface area contributed by atoms with Crippen molar-refractivity contribution in [2.45, 2.75) is 25.7 Å². The summed E-state index contributed by atoms with van der Waals surface area (Å²) in [7, 11) is 0. The standard InChI is InChI=1S/C14H16F3NO3/c15-14(16,17)21-12-3-1-10(2-4-12)8-18-6-5-11(9-18)7-13(19)20/h1-4,11H,5-9H2,(H,19,20). The summed E-state index contributed by atoms with van der Waals surface area (Å²) < 4.78 is 39.9. The van der Waals surface area contributed by atoms with Crippen molar-refractivity contribution in [3.05, 3.63) is 29.8 Å². The van der Waals surface area contributed by atoms with Crippen LogP contribution in [0.3, 0.4) is 0 Å². The summed E-state index contributed by atoms with van der Waals surface area (Å²) in [6.07, 6.45) is -3.68. The molecule has 1 N–H and O–H groups in total. The number of halogens is 3. The fourth-order valence-electron chi connectivity index (χ4n) is 2.52. The van der Waals surface area contributed by atoms with E-state index in [4.69, 9.17) is 5.11 Å². The van der Waals surface area contributed by atoms with Gasteiger partial charge in [-0.1, -0.05) is 12.1 Å². The second-order valence-corrected chi connectivity index (χ2v) is 5.18. The van der Waals surface area contributed by atoms with Crippen LogP contribution in [0.2, 0.25) is 0 Å². The van der Waals surface area contributed by atoms with Gasteiger partial charge in [0.05, 0.1) is 0 Å². The molecule has 1 aliphatic rings. The highest BCUT2D eigenvalue weighted by Gasteiger charge is 2.31. The third-order valence-corrected chi connectivity index (χ3v) is 3.40.